The van der Waals surface area contributed by atoms with Crippen LogP contribution in [-0.4, -0.2) is 16.9 Å². The molecule has 0 amide bonds. The van der Waals surface area contributed by atoms with E-state index >= 15 is 0 Å². The van der Waals surface area contributed by atoms with Crippen molar-refractivity contribution in [2.75, 3.05) is 0 Å². The first-order valence-corrected chi connectivity index (χ1v) is 6.40. The van der Waals surface area contributed by atoms with Gasteiger partial charge in [-0.05, 0) is 45.0 Å². The lowest BCUT2D eigenvalue weighted by atomic mass is 10.0. The third-order valence-electron chi connectivity index (χ3n) is 2.77. The number of aromatic nitrogens is 1. The van der Waals surface area contributed by atoms with E-state index in [4.69, 9.17) is 4.74 Å². The number of hydrogen-bond donors (Lipinski definition) is 0. The van der Waals surface area contributed by atoms with E-state index in [1.807, 2.05) is 13.8 Å². The Morgan fingerprint density at radius 1 is 1.25 bits per heavy atom. The Kier molecular flexibility index (Phi) is 4.13. The van der Waals surface area contributed by atoms with Gasteiger partial charge in [0.15, 0.2) is 5.78 Å². The molecular formula is C16H16FNO2. The minimum atomic E-state index is -0.390. The highest BCUT2D eigenvalue weighted by Crippen LogP contribution is 2.26. The van der Waals surface area contributed by atoms with E-state index in [2.05, 4.69) is 4.98 Å². The molecule has 20 heavy (non-hydrogen) atoms. The number of benzene rings is 1. The van der Waals surface area contributed by atoms with E-state index in [9.17, 15) is 9.18 Å². The molecule has 2 rings (SSSR count). The van der Waals surface area contributed by atoms with E-state index in [0.717, 1.165) is 0 Å². The standard InChI is InChI=1S/C16H16FNO2/c1-10(2)20-14-6-13(8-18-9-14)15-7-12(11(3)19)4-5-16(15)17/h4-10H,1-3H3. The molecule has 1 aromatic carbocycles. The summed E-state index contributed by atoms with van der Waals surface area (Å²) in [6, 6.07) is 6.02. The van der Waals surface area contributed by atoms with Gasteiger partial charge < -0.3 is 4.74 Å². The molecule has 0 radical (unpaired) electrons. The maximum atomic E-state index is 13.9. The van der Waals surface area contributed by atoms with Crippen molar-refractivity contribution in [2.45, 2.75) is 26.9 Å². The average molecular weight is 273 g/mol. The first kappa shape index (κ1) is 14.2. The second kappa shape index (κ2) is 5.82. The summed E-state index contributed by atoms with van der Waals surface area (Å²) in [4.78, 5) is 15.4. The van der Waals surface area contributed by atoms with Crippen molar-refractivity contribution in [3.05, 3.63) is 48.0 Å². The lowest BCUT2D eigenvalue weighted by Gasteiger charge is -2.11. The van der Waals surface area contributed by atoms with Crippen molar-refractivity contribution in [3.8, 4) is 16.9 Å². The molecular weight excluding hydrogens is 257 g/mol. The van der Waals surface area contributed by atoms with E-state index in [0.29, 0.717) is 22.4 Å². The van der Waals surface area contributed by atoms with Gasteiger partial charge in [-0.3, -0.25) is 9.78 Å². The van der Waals surface area contributed by atoms with Crippen LogP contribution in [-0.2, 0) is 0 Å². The monoisotopic (exact) mass is 273 g/mol. The van der Waals surface area contributed by atoms with Crippen LogP contribution in [0.5, 0.6) is 5.75 Å². The molecule has 0 spiro atoms. The quantitative estimate of drug-likeness (QED) is 0.794. The zero-order chi connectivity index (χ0) is 14.7. The van der Waals surface area contributed by atoms with Gasteiger partial charge in [-0.2, -0.15) is 0 Å². The summed E-state index contributed by atoms with van der Waals surface area (Å²) in [6.45, 7) is 5.26. The molecule has 4 heteroatoms. The van der Waals surface area contributed by atoms with E-state index < -0.39 is 5.82 Å². The Labute approximate surface area is 117 Å². The lowest BCUT2D eigenvalue weighted by molar-refractivity contribution is 0.101. The van der Waals surface area contributed by atoms with E-state index in [1.54, 1.807) is 18.5 Å². The molecule has 0 N–H and O–H groups in total. The van der Waals surface area contributed by atoms with Gasteiger partial charge in [0.1, 0.15) is 11.6 Å². The van der Waals surface area contributed by atoms with Crippen molar-refractivity contribution >= 4 is 5.78 Å². The minimum absolute atomic E-state index is 0.0143. The van der Waals surface area contributed by atoms with Gasteiger partial charge in [0, 0.05) is 22.9 Å². The van der Waals surface area contributed by atoms with E-state index in [1.165, 1.54) is 25.1 Å². The number of Topliss-reactive ketones (excluding diaryl/α,β-unsaturated/α-hetero) is 1. The van der Waals surface area contributed by atoms with Gasteiger partial charge >= 0.3 is 0 Å². The molecule has 0 aliphatic heterocycles. The van der Waals surface area contributed by atoms with E-state index in [-0.39, 0.29) is 11.9 Å². The molecule has 0 bridgehead atoms. The summed E-state index contributed by atoms with van der Waals surface area (Å²) in [5.74, 6) is 0.0809. The second-order valence-electron chi connectivity index (χ2n) is 4.83. The fraction of sp³-hybridized carbons (Fsp3) is 0.250. The highest BCUT2D eigenvalue weighted by Gasteiger charge is 2.10. The predicted octanol–water partition coefficient (Wildman–Crippen LogP) is 3.88. The Balaban J connectivity index is 2.45. The van der Waals surface area contributed by atoms with Gasteiger partial charge in [-0.15, -0.1) is 0 Å². The van der Waals surface area contributed by atoms with Crippen LogP contribution in [0.2, 0.25) is 0 Å². The molecule has 3 nitrogen and oxygen atoms in total. The zero-order valence-electron chi connectivity index (χ0n) is 11.7. The molecule has 104 valence electrons. The molecule has 1 aromatic heterocycles. The van der Waals surface area contributed by atoms with Crippen LogP contribution in [0, 0.1) is 5.82 Å². The zero-order valence-corrected chi connectivity index (χ0v) is 11.7. The average Bonchev–Trinajstić information content (AvgIpc) is 2.38. The topological polar surface area (TPSA) is 39.2 Å². The van der Waals surface area contributed by atoms with Crippen molar-refractivity contribution < 1.29 is 13.9 Å². The molecule has 0 atom stereocenters. The maximum absolute atomic E-state index is 13.9. The summed E-state index contributed by atoms with van der Waals surface area (Å²) in [5, 5.41) is 0. The first-order valence-electron chi connectivity index (χ1n) is 6.40. The van der Waals surface area contributed by atoms with Crippen molar-refractivity contribution in [2.24, 2.45) is 0 Å². The lowest BCUT2D eigenvalue weighted by Crippen LogP contribution is -2.05. The van der Waals surface area contributed by atoms with Crippen LogP contribution < -0.4 is 4.74 Å². The van der Waals surface area contributed by atoms with Crippen molar-refractivity contribution in [1.82, 2.24) is 4.98 Å². The molecule has 0 aliphatic rings. The number of ketones is 1. The number of rotatable bonds is 4. The Morgan fingerprint density at radius 3 is 2.65 bits per heavy atom. The van der Waals surface area contributed by atoms with Gasteiger partial charge in [-0.1, -0.05) is 0 Å². The molecule has 0 saturated heterocycles. The fourth-order valence-corrected chi connectivity index (χ4v) is 1.87. The number of carbonyl (C=O) groups is 1. The number of halogens is 1. The third kappa shape index (κ3) is 3.20. The summed E-state index contributed by atoms with van der Waals surface area (Å²) in [5.41, 5.74) is 1.40. The fourth-order valence-electron chi connectivity index (χ4n) is 1.87. The summed E-state index contributed by atoms with van der Waals surface area (Å²) >= 11 is 0. The van der Waals surface area contributed by atoms with Crippen LogP contribution in [0.4, 0.5) is 4.39 Å². The predicted molar refractivity (Wildman–Crippen MR) is 75.4 cm³/mol. The van der Waals surface area contributed by atoms with Crippen LogP contribution in [0.1, 0.15) is 31.1 Å². The summed E-state index contributed by atoms with van der Waals surface area (Å²) in [6.07, 6.45) is 3.15. The molecule has 2 aromatic rings. The Hall–Kier alpha value is -2.23. The van der Waals surface area contributed by atoms with Gasteiger partial charge in [0.05, 0.1) is 12.3 Å². The summed E-state index contributed by atoms with van der Waals surface area (Å²) in [7, 11) is 0. The largest absolute Gasteiger partial charge is 0.489 e. The van der Waals surface area contributed by atoms with Gasteiger partial charge in [0.2, 0.25) is 0 Å². The Bertz CT molecular complexity index is 638. The highest BCUT2D eigenvalue weighted by atomic mass is 19.1. The SMILES string of the molecule is CC(=O)c1ccc(F)c(-c2cncc(OC(C)C)c2)c1. The molecule has 0 saturated carbocycles. The minimum Gasteiger partial charge on any atom is -0.489 e. The van der Waals surface area contributed by atoms with Crippen LogP contribution in [0.3, 0.4) is 0 Å². The van der Waals surface area contributed by atoms with Gasteiger partial charge in [-0.25, -0.2) is 4.39 Å². The molecule has 0 aliphatic carbocycles. The van der Waals surface area contributed by atoms with Crippen molar-refractivity contribution in [1.29, 1.82) is 0 Å². The van der Waals surface area contributed by atoms with Gasteiger partial charge in [0.25, 0.3) is 0 Å². The highest BCUT2D eigenvalue weighted by molar-refractivity contribution is 5.95. The number of hydrogen-bond acceptors (Lipinski definition) is 3. The third-order valence-corrected chi connectivity index (χ3v) is 2.77. The first-order chi connectivity index (χ1) is 9.47. The van der Waals surface area contributed by atoms with Crippen LogP contribution >= 0.6 is 0 Å². The van der Waals surface area contributed by atoms with Crippen LogP contribution in [0.15, 0.2) is 36.7 Å². The van der Waals surface area contributed by atoms with Crippen molar-refractivity contribution in [3.63, 3.8) is 0 Å². The van der Waals surface area contributed by atoms with Crippen LogP contribution in [0.25, 0.3) is 11.1 Å². The molecule has 1 heterocycles. The second-order valence-corrected chi connectivity index (χ2v) is 4.83. The summed E-state index contributed by atoms with van der Waals surface area (Å²) < 4.78 is 19.5. The molecule has 0 unspecified atom stereocenters. The number of carbonyl (C=O) groups excluding carboxylic acids is 1. The normalized spacial score (nSPS) is 10.7. The number of pyridine rings is 1. The smallest absolute Gasteiger partial charge is 0.159 e. The molecule has 0 fully saturated rings. The number of ether oxygens (including phenoxy) is 1. The number of nitrogens with zero attached hydrogens (tertiary/aromatic N) is 1. The maximum Gasteiger partial charge on any atom is 0.159 e. The Morgan fingerprint density at radius 2 is 2.00 bits per heavy atom.